The Balaban J connectivity index is 1.57. The number of hydrogen-bond donors (Lipinski definition) is 3. The summed E-state index contributed by atoms with van der Waals surface area (Å²) in [5.41, 5.74) is 9.96. The number of rotatable bonds is 5. The number of nitrogen functional groups attached to an aromatic ring is 1. The molecule has 3 rings (SSSR count). The number of amides is 1. The molecule has 0 bridgehead atoms. The van der Waals surface area contributed by atoms with Crippen molar-refractivity contribution < 1.29 is 9.90 Å². The Hall–Kier alpha value is -2.98. The zero-order valence-electron chi connectivity index (χ0n) is 14.1. The highest BCUT2D eigenvalue weighted by Gasteiger charge is 2.11. The summed E-state index contributed by atoms with van der Waals surface area (Å²) in [6.07, 6.45) is 0.690. The molecule has 0 aliphatic carbocycles. The molecule has 3 aromatic rings. The van der Waals surface area contributed by atoms with Gasteiger partial charge in [0.15, 0.2) is 0 Å². The Morgan fingerprint density at radius 3 is 2.23 bits per heavy atom. The van der Waals surface area contributed by atoms with Crippen molar-refractivity contribution in [2.45, 2.75) is 6.42 Å². The largest absolute Gasteiger partial charge is 0.507 e. The van der Waals surface area contributed by atoms with Crippen molar-refractivity contribution in [2.75, 3.05) is 12.3 Å². The molecule has 0 heterocycles. The molecule has 132 valence electrons. The van der Waals surface area contributed by atoms with Crippen molar-refractivity contribution in [3.63, 3.8) is 0 Å². The van der Waals surface area contributed by atoms with Crippen LogP contribution in [0.3, 0.4) is 0 Å². The highest BCUT2D eigenvalue weighted by Crippen LogP contribution is 2.22. The molecule has 0 saturated heterocycles. The van der Waals surface area contributed by atoms with Gasteiger partial charge < -0.3 is 16.2 Å². The summed E-state index contributed by atoms with van der Waals surface area (Å²) in [5.74, 6) is -0.428. The molecule has 0 aliphatic heterocycles. The highest BCUT2D eigenvalue weighted by atomic mass is 35.5. The minimum absolute atomic E-state index is 0.0836. The summed E-state index contributed by atoms with van der Waals surface area (Å²) in [7, 11) is 0. The Morgan fingerprint density at radius 2 is 1.58 bits per heavy atom. The van der Waals surface area contributed by atoms with Crippen LogP contribution in [-0.2, 0) is 6.42 Å². The summed E-state index contributed by atoms with van der Waals surface area (Å²) in [5, 5.41) is 13.0. The molecule has 26 heavy (non-hydrogen) atoms. The van der Waals surface area contributed by atoms with Gasteiger partial charge in [0.2, 0.25) is 0 Å². The fourth-order valence-corrected chi connectivity index (χ4v) is 2.82. The van der Waals surface area contributed by atoms with Crippen LogP contribution in [0.1, 0.15) is 15.9 Å². The zero-order valence-corrected chi connectivity index (χ0v) is 14.8. The number of carbonyl (C=O) groups excluding carboxylic acids is 1. The lowest BCUT2D eigenvalue weighted by Crippen LogP contribution is -2.25. The van der Waals surface area contributed by atoms with Crippen LogP contribution in [-0.4, -0.2) is 17.6 Å². The second-order valence-corrected chi connectivity index (χ2v) is 6.42. The third-order valence-corrected chi connectivity index (χ3v) is 4.34. The fraction of sp³-hybridized carbons (Fsp3) is 0.0952. The summed E-state index contributed by atoms with van der Waals surface area (Å²) in [6.45, 7) is 0.464. The normalized spacial score (nSPS) is 10.5. The van der Waals surface area contributed by atoms with Gasteiger partial charge in [-0.25, -0.2) is 0 Å². The van der Waals surface area contributed by atoms with Gasteiger partial charge in [0.1, 0.15) is 5.75 Å². The topological polar surface area (TPSA) is 75.3 Å². The maximum atomic E-state index is 12.1. The smallest absolute Gasteiger partial charge is 0.255 e. The molecule has 0 aliphatic rings. The lowest BCUT2D eigenvalue weighted by molar-refractivity contribution is 0.0951. The van der Waals surface area contributed by atoms with Gasteiger partial charge in [-0.1, -0.05) is 48.0 Å². The minimum Gasteiger partial charge on any atom is -0.507 e. The quantitative estimate of drug-likeness (QED) is 0.590. The lowest BCUT2D eigenvalue weighted by Gasteiger charge is -2.08. The molecule has 4 N–H and O–H groups in total. The van der Waals surface area contributed by atoms with Crippen molar-refractivity contribution in [1.82, 2.24) is 5.32 Å². The van der Waals surface area contributed by atoms with Crippen LogP contribution in [0.15, 0.2) is 66.7 Å². The monoisotopic (exact) mass is 366 g/mol. The van der Waals surface area contributed by atoms with Crippen LogP contribution in [0.2, 0.25) is 5.02 Å². The third-order valence-electron chi connectivity index (χ3n) is 4.10. The molecular weight excluding hydrogens is 348 g/mol. The molecule has 0 fully saturated rings. The molecular formula is C21H19ClN2O2. The molecule has 3 aromatic carbocycles. The zero-order chi connectivity index (χ0) is 18.5. The number of hydrogen-bond acceptors (Lipinski definition) is 3. The van der Waals surface area contributed by atoms with E-state index in [0.29, 0.717) is 18.0 Å². The average Bonchev–Trinajstić information content (AvgIpc) is 2.65. The van der Waals surface area contributed by atoms with Gasteiger partial charge in [0.25, 0.3) is 5.91 Å². The number of carbonyl (C=O) groups is 1. The van der Waals surface area contributed by atoms with E-state index < -0.39 is 0 Å². The first-order chi connectivity index (χ1) is 12.5. The minimum atomic E-state index is -0.344. The van der Waals surface area contributed by atoms with E-state index in [1.807, 2.05) is 48.5 Å². The van der Waals surface area contributed by atoms with Gasteiger partial charge >= 0.3 is 0 Å². The third kappa shape index (κ3) is 4.35. The van der Waals surface area contributed by atoms with E-state index in [0.717, 1.165) is 22.4 Å². The second kappa shape index (κ2) is 7.93. The van der Waals surface area contributed by atoms with Gasteiger partial charge in [-0.2, -0.15) is 0 Å². The Bertz CT molecular complexity index is 906. The molecule has 5 heteroatoms. The molecule has 0 spiro atoms. The van der Waals surface area contributed by atoms with Gasteiger partial charge in [0, 0.05) is 17.3 Å². The van der Waals surface area contributed by atoms with E-state index in [1.54, 1.807) is 0 Å². The number of aromatic hydroxyl groups is 1. The maximum absolute atomic E-state index is 12.1. The van der Waals surface area contributed by atoms with Gasteiger partial charge in [-0.15, -0.1) is 0 Å². The van der Waals surface area contributed by atoms with Crippen molar-refractivity contribution in [3.8, 4) is 16.9 Å². The van der Waals surface area contributed by atoms with Crippen LogP contribution in [0.4, 0.5) is 5.69 Å². The Labute approximate surface area is 157 Å². The number of phenols is 1. The number of nitrogens with two attached hydrogens (primary N) is 1. The van der Waals surface area contributed by atoms with Crippen molar-refractivity contribution in [3.05, 3.63) is 82.9 Å². The van der Waals surface area contributed by atoms with E-state index >= 15 is 0 Å². The van der Waals surface area contributed by atoms with Gasteiger partial charge in [-0.3, -0.25) is 4.79 Å². The Morgan fingerprint density at radius 1 is 0.962 bits per heavy atom. The fourth-order valence-electron chi connectivity index (χ4n) is 2.65. The number of phenolic OH excluding ortho intramolecular Hbond substituents is 1. The van der Waals surface area contributed by atoms with Crippen LogP contribution in [0.25, 0.3) is 11.1 Å². The van der Waals surface area contributed by atoms with Crippen LogP contribution in [0, 0.1) is 0 Å². The van der Waals surface area contributed by atoms with Gasteiger partial charge in [0.05, 0.1) is 5.56 Å². The molecule has 1 amide bonds. The van der Waals surface area contributed by atoms with Crippen LogP contribution < -0.4 is 11.1 Å². The first-order valence-electron chi connectivity index (χ1n) is 8.24. The summed E-state index contributed by atoms with van der Waals surface area (Å²) in [6, 6.07) is 20.3. The predicted octanol–water partition coefficient (Wildman–Crippen LogP) is 4.27. The van der Waals surface area contributed by atoms with Crippen molar-refractivity contribution in [1.29, 1.82) is 0 Å². The first-order valence-corrected chi connectivity index (χ1v) is 8.62. The highest BCUT2D eigenvalue weighted by molar-refractivity contribution is 6.31. The number of nitrogens with one attached hydrogen (secondary N) is 1. The van der Waals surface area contributed by atoms with Crippen molar-refractivity contribution >= 4 is 23.2 Å². The van der Waals surface area contributed by atoms with E-state index in [2.05, 4.69) is 5.32 Å². The van der Waals surface area contributed by atoms with Crippen LogP contribution >= 0.6 is 11.6 Å². The van der Waals surface area contributed by atoms with Crippen LogP contribution in [0.5, 0.6) is 5.75 Å². The maximum Gasteiger partial charge on any atom is 0.255 e. The summed E-state index contributed by atoms with van der Waals surface area (Å²) >= 11 is 5.87. The molecule has 0 atom stereocenters. The van der Waals surface area contributed by atoms with Crippen molar-refractivity contribution in [2.24, 2.45) is 0 Å². The lowest BCUT2D eigenvalue weighted by atomic mass is 10.0. The van der Waals surface area contributed by atoms with E-state index in [9.17, 15) is 9.90 Å². The summed E-state index contributed by atoms with van der Waals surface area (Å²) in [4.78, 5) is 12.1. The molecule has 0 saturated carbocycles. The average molecular weight is 367 g/mol. The van der Waals surface area contributed by atoms with E-state index in [4.69, 9.17) is 17.3 Å². The second-order valence-electron chi connectivity index (χ2n) is 5.99. The SMILES string of the molecule is Nc1ccc(-c2ccc(CCNC(=O)c3cc(Cl)ccc3O)cc2)cc1. The number of anilines is 1. The molecule has 0 radical (unpaired) electrons. The predicted molar refractivity (Wildman–Crippen MR) is 105 cm³/mol. The van der Waals surface area contributed by atoms with Gasteiger partial charge in [-0.05, 0) is 53.4 Å². The molecule has 4 nitrogen and oxygen atoms in total. The standard InChI is InChI=1S/C21H19ClN2O2/c22-17-7-10-20(25)19(13-17)21(26)24-12-11-14-1-3-15(4-2-14)16-5-8-18(23)9-6-16/h1-10,13,25H,11-12,23H2,(H,24,26). The number of halogens is 1. The Kier molecular flexibility index (Phi) is 5.44. The molecule has 0 unspecified atom stereocenters. The number of benzene rings is 3. The van der Waals surface area contributed by atoms with E-state index in [1.165, 1.54) is 18.2 Å². The summed E-state index contributed by atoms with van der Waals surface area (Å²) < 4.78 is 0. The van der Waals surface area contributed by atoms with E-state index in [-0.39, 0.29) is 17.2 Å². The first kappa shape index (κ1) is 17.8. The molecule has 0 aromatic heterocycles.